The molecule has 0 aliphatic rings. The van der Waals surface area contributed by atoms with Crippen LogP contribution in [-0.4, -0.2) is 65.5 Å². The van der Waals surface area contributed by atoms with Crippen molar-refractivity contribution in [1.29, 1.82) is 0 Å². The van der Waals surface area contributed by atoms with E-state index in [1.165, 1.54) is 21.3 Å². The first kappa shape index (κ1) is 28.8. The average Bonchev–Trinajstić information content (AvgIpc) is 2.91. The lowest BCUT2D eigenvalue weighted by atomic mass is 10.00. The molecule has 38 heavy (non-hydrogen) atoms. The number of benzene rings is 3. The third-order valence-electron chi connectivity index (χ3n) is 6.01. The molecule has 1 atom stereocenters. The number of hydrogen-bond donors (Lipinski definition) is 3. The number of nitrogens with one attached hydrogen (secondary N) is 2. The number of ether oxygens (including phenoxy) is 2. The smallest absolute Gasteiger partial charge is 0.327 e. The molecule has 9 nitrogen and oxygen atoms in total. The molecule has 0 saturated carbocycles. The zero-order valence-electron chi connectivity index (χ0n) is 21.7. The third-order valence-corrected chi connectivity index (χ3v) is 7.48. The van der Waals surface area contributed by atoms with Crippen LogP contribution in [0.1, 0.15) is 21.5 Å². The molecule has 0 aliphatic carbocycles. The van der Waals surface area contributed by atoms with Gasteiger partial charge < -0.3 is 19.9 Å². The Morgan fingerprint density at radius 1 is 0.921 bits per heavy atom. The van der Waals surface area contributed by atoms with Gasteiger partial charge in [-0.05, 0) is 34.4 Å². The van der Waals surface area contributed by atoms with Crippen molar-refractivity contribution in [3.05, 3.63) is 83.4 Å². The van der Waals surface area contributed by atoms with Crippen LogP contribution in [-0.2, 0) is 26.9 Å². The van der Waals surface area contributed by atoms with Crippen molar-refractivity contribution in [1.82, 2.24) is 5.32 Å². The predicted molar refractivity (Wildman–Crippen MR) is 144 cm³/mol. The van der Waals surface area contributed by atoms with Crippen molar-refractivity contribution >= 4 is 21.7 Å². The molecule has 0 heterocycles. The number of carbonyl (C=O) groups excluding carboxylic acids is 2. The van der Waals surface area contributed by atoms with Crippen molar-refractivity contribution in [2.45, 2.75) is 12.3 Å². The van der Waals surface area contributed by atoms with Crippen LogP contribution in [0.3, 0.4) is 0 Å². The van der Waals surface area contributed by atoms with Crippen LogP contribution >= 0.6 is 0 Å². The summed E-state index contributed by atoms with van der Waals surface area (Å²) >= 11 is 0. The molecule has 0 aliphatic heterocycles. The number of quaternary nitrogens is 1. The number of rotatable bonds is 12. The summed E-state index contributed by atoms with van der Waals surface area (Å²) in [5.74, 6) is -1.01. The molecular weight excluding hydrogens is 508 g/mol. The summed E-state index contributed by atoms with van der Waals surface area (Å²) in [5.41, 5.74) is 3.22. The van der Waals surface area contributed by atoms with Crippen molar-refractivity contribution in [3.63, 3.8) is 0 Å². The van der Waals surface area contributed by atoms with E-state index in [0.717, 1.165) is 11.1 Å². The van der Waals surface area contributed by atoms with Gasteiger partial charge in [0.25, 0.3) is 5.91 Å². The molecule has 2 amide bonds. The van der Waals surface area contributed by atoms with E-state index >= 15 is 0 Å². The second-order valence-electron chi connectivity index (χ2n) is 8.83. The lowest BCUT2D eigenvalue weighted by Gasteiger charge is -2.16. The molecule has 1 unspecified atom stereocenters. The van der Waals surface area contributed by atoms with Gasteiger partial charge in [-0.1, -0.05) is 54.6 Å². The summed E-state index contributed by atoms with van der Waals surface area (Å²) in [5, 5.41) is 11.9. The summed E-state index contributed by atoms with van der Waals surface area (Å²) in [7, 11) is 0.802. The fourth-order valence-corrected chi connectivity index (χ4v) is 5.35. The Hall–Kier alpha value is -3.73. The van der Waals surface area contributed by atoms with E-state index in [4.69, 9.17) is 14.6 Å². The van der Waals surface area contributed by atoms with E-state index < -0.39 is 21.5 Å². The number of aliphatic hydroxyl groups is 1. The Morgan fingerprint density at radius 2 is 1.61 bits per heavy atom. The predicted octanol–water partition coefficient (Wildman–Crippen LogP) is 1.25. The van der Waals surface area contributed by atoms with Crippen molar-refractivity contribution < 1.29 is 37.5 Å². The van der Waals surface area contributed by atoms with Crippen LogP contribution in [0.4, 0.5) is 0 Å². The van der Waals surface area contributed by atoms with Crippen LogP contribution in [0, 0.1) is 0 Å². The van der Waals surface area contributed by atoms with Gasteiger partial charge in [-0.15, -0.1) is 0 Å². The molecule has 0 bridgehead atoms. The zero-order valence-corrected chi connectivity index (χ0v) is 22.5. The van der Waals surface area contributed by atoms with Crippen molar-refractivity contribution in [3.8, 4) is 22.6 Å². The molecule has 0 spiro atoms. The van der Waals surface area contributed by atoms with Crippen LogP contribution in [0.15, 0.2) is 66.7 Å². The standard InChI is InChI=1S/C28H32N2O7S/c1-30(13-14-31)26(32)19-38(34,35)18-21-9-11-22(12-10-21)23-15-24(27(37-3)25(16-23)36-2)28(33)29-17-20-7-5-4-6-8-20/h4-12,15-16,31H,13-14,17-19H2,1-3H3,(H,29,33)/p+1. The molecule has 0 fully saturated rings. The summed E-state index contributed by atoms with van der Waals surface area (Å²) in [4.78, 5) is 25.5. The molecule has 0 saturated heterocycles. The summed E-state index contributed by atoms with van der Waals surface area (Å²) < 4.78 is 36.0. The van der Waals surface area contributed by atoms with E-state index in [1.54, 1.807) is 36.4 Å². The Kier molecular flexibility index (Phi) is 10.0. The third kappa shape index (κ3) is 7.64. The quantitative estimate of drug-likeness (QED) is 0.315. The lowest BCUT2D eigenvalue weighted by Crippen LogP contribution is -3.12. The van der Waals surface area contributed by atoms with Crippen LogP contribution in [0.5, 0.6) is 11.5 Å². The van der Waals surface area contributed by atoms with Gasteiger partial charge in [0, 0.05) is 6.54 Å². The molecule has 202 valence electrons. The first-order valence-electron chi connectivity index (χ1n) is 12.0. The van der Waals surface area contributed by atoms with Gasteiger partial charge in [-0.3, -0.25) is 9.69 Å². The SMILES string of the molecule is COc1cc(-c2ccc(CS(=O)(=O)CC(=O)[NH+](C)CCO)cc2)cc(C(=O)NCc2ccccc2)c1OC. The van der Waals surface area contributed by atoms with E-state index in [9.17, 15) is 18.0 Å². The molecule has 10 heteroatoms. The first-order valence-corrected chi connectivity index (χ1v) is 13.8. The van der Waals surface area contributed by atoms with Gasteiger partial charge in [-0.2, -0.15) is 0 Å². The summed E-state index contributed by atoms with van der Waals surface area (Å²) in [6.45, 7) is 0.296. The number of sulfone groups is 1. The van der Waals surface area contributed by atoms with E-state index in [2.05, 4.69) is 5.32 Å². The largest absolute Gasteiger partial charge is 0.493 e. The maximum Gasteiger partial charge on any atom is 0.327 e. The van der Waals surface area contributed by atoms with Gasteiger partial charge in [0.1, 0.15) is 6.54 Å². The number of amides is 2. The summed E-state index contributed by atoms with van der Waals surface area (Å²) in [6, 6.07) is 19.8. The fraction of sp³-hybridized carbons (Fsp3) is 0.286. The van der Waals surface area contributed by atoms with Crippen LogP contribution in [0.2, 0.25) is 0 Å². The molecule has 3 aromatic carbocycles. The minimum atomic E-state index is -3.68. The minimum absolute atomic E-state index is 0.153. The lowest BCUT2D eigenvalue weighted by molar-refractivity contribution is -0.797. The number of methoxy groups -OCH3 is 2. The Morgan fingerprint density at radius 3 is 2.21 bits per heavy atom. The normalized spacial score (nSPS) is 12.0. The van der Waals surface area contributed by atoms with Gasteiger partial charge in [0.15, 0.2) is 27.1 Å². The Labute approximate surface area is 222 Å². The molecule has 3 aromatic rings. The van der Waals surface area contributed by atoms with Crippen LogP contribution < -0.4 is 19.7 Å². The summed E-state index contributed by atoms with van der Waals surface area (Å²) in [6.07, 6.45) is 0. The Balaban J connectivity index is 1.81. The average molecular weight is 542 g/mol. The highest BCUT2D eigenvalue weighted by Crippen LogP contribution is 2.36. The zero-order chi connectivity index (χ0) is 27.7. The van der Waals surface area contributed by atoms with Crippen LogP contribution in [0.25, 0.3) is 11.1 Å². The topological polar surface area (TPSA) is 123 Å². The monoisotopic (exact) mass is 541 g/mol. The number of aliphatic hydroxyl groups excluding tert-OH is 1. The van der Waals surface area contributed by atoms with E-state index in [0.29, 0.717) is 39.6 Å². The molecule has 3 N–H and O–H groups in total. The van der Waals surface area contributed by atoms with Gasteiger partial charge >= 0.3 is 5.91 Å². The van der Waals surface area contributed by atoms with Gasteiger partial charge in [0.05, 0.1) is 39.2 Å². The molecular formula is C28H33N2O7S+. The number of carbonyl (C=O) groups is 2. The maximum absolute atomic E-state index is 13.1. The van der Waals surface area contributed by atoms with E-state index in [1.807, 2.05) is 30.3 Å². The number of likely N-dealkylation sites (N-methyl/N-ethyl adjacent to an activating group) is 1. The molecule has 0 radical (unpaired) electrons. The van der Waals surface area contributed by atoms with Crippen molar-refractivity contribution in [2.24, 2.45) is 0 Å². The van der Waals surface area contributed by atoms with Gasteiger partial charge in [-0.25, -0.2) is 13.2 Å². The van der Waals surface area contributed by atoms with Gasteiger partial charge in [0.2, 0.25) is 0 Å². The Bertz CT molecular complexity index is 1360. The molecule has 3 rings (SSSR count). The highest BCUT2D eigenvalue weighted by molar-refractivity contribution is 7.91. The minimum Gasteiger partial charge on any atom is -0.493 e. The molecule has 0 aromatic heterocycles. The van der Waals surface area contributed by atoms with E-state index in [-0.39, 0.29) is 24.8 Å². The number of hydrogen-bond acceptors (Lipinski definition) is 7. The second-order valence-corrected chi connectivity index (χ2v) is 10.9. The highest BCUT2D eigenvalue weighted by atomic mass is 32.2. The van der Waals surface area contributed by atoms with Crippen molar-refractivity contribution in [2.75, 3.05) is 40.2 Å². The fourth-order valence-electron chi connectivity index (χ4n) is 3.90. The second kappa shape index (κ2) is 13.2. The highest BCUT2D eigenvalue weighted by Gasteiger charge is 2.24. The maximum atomic E-state index is 13.1. The first-order chi connectivity index (χ1) is 18.2.